The standard InChI is InChI=1S/C24H20N4O5S/c1-3-32-18-9-4-6-15(12-18)22-25-20(33-26-22)14-27-19-10-11-34-21(19)23(29)28(24(27)30)16-7-5-8-17(13-16)31-2/h4-13H,3,14H2,1-2H3. The van der Waals surface area contributed by atoms with Gasteiger partial charge in [-0.2, -0.15) is 4.98 Å². The van der Waals surface area contributed by atoms with E-state index >= 15 is 0 Å². The van der Waals surface area contributed by atoms with E-state index in [1.807, 2.05) is 31.2 Å². The fourth-order valence-corrected chi connectivity index (χ4v) is 4.50. The Balaban J connectivity index is 1.58. The van der Waals surface area contributed by atoms with Gasteiger partial charge in [-0.1, -0.05) is 23.4 Å². The lowest BCUT2D eigenvalue weighted by molar-refractivity contribution is 0.340. The summed E-state index contributed by atoms with van der Waals surface area (Å²) in [4.78, 5) is 31.1. The van der Waals surface area contributed by atoms with Crippen molar-refractivity contribution >= 4 is 21.6 Å². The molecule has 10 heteroatoms. The normalized spacial score (nSPS) is 11.1. The second kappa shape index (κ2) is 8.99. The first-order valence-corrected chi connectivity index (χ1v) is 11.4. The zero-order valence-corrected chi connectivity index (χ0v) is 19.2. The van der Waals surface area contributed by atoms with Crippen molar-refractivity contribution in [3.63, 3.8) is 0 Å². The molecule has 0 N–H and O–H groups in total. The first kappa shape index (κ1) is 21.7. The summed E-state index contributed by atoms with van der Waals surface area (Å²) >= 11 is 1.27. The molecule has 0 aliphatic heterocycles. The molecular weight excluding hydrogens is 456 g/mol. The van der Waals surface area contributed by atoms with Crippen LogP contribution in [0.15, 0.2) is 74.1 Å². The zero-order valence-electron chi connectivity index (χ0n) is 18.4. The highest BCUT2D eigenvalue weighted by Gasteiger charge is 2.19. The monoisotopic (exact) mass is 476 g/mol. The summed E-state index contributed by atoms with van der Waals surface area (Å²) in [7, 11) is 1.53. The molecule has 0 bridgehead atoms. The molecule has 5 aromatic rings. The lowest BCUT2D eigenvalue weighted by Crippen LogP contribution is -2.38. The molecule has 0 radical (unpaired) electrons. The molecule has 172 valence electrons. The van der Waals surface area contributed by atoms with Crippen LogP contribution in [-0.2, 0) is 6.54 Å². The summed E-state index contributed by atoms with van der Waals surface area (Å²) in [5.41, 5.74) is 0.755. The number of methoxy groups -OCH3 is 1. The van der Waals surface area contributed by atoms with Gasteiger partial charge in [0, 0.05) is 11.6 Å². The topological polar surface area (TPSA) is 101 Å². The van der Waals surface area contributed by atoms with E-state index in [2.05, 4.69) is 10.1 Å². The highest BCUT2D eigenvalue weighted by atomic mass is 32.1. The first-order chi connectivity index (χ1) is 16.6. The summed E-state index contributed by atoms with van der Waals surface area (Å²) < 4.78 is 19.3. The van der Waals surface area contributed by atoms with Gasteiger partial charge in [-0.3, -0.25) is 9.36 Å². The Morgan fingerprint density at radius 3 is 2.71 bits per heavy atom. The van der Waals surface area contributed by atoms with Crippen LogP contribution in [0, 0.1) is 0 Å². The zero-order chi connectivity index (χ0) is 23.7. The van der Waals surface area contributed by atoms with Crippen LogP contribution in [0.25, 0.3) is 27.3 Å². The van der Waals surface area contributed by atoms with Gasteiger partial charge >= 0.3 is 5.69 Å². The maximum absolute atomic E-state index is 13.5. The van der Waals surface area contributed by atoms with Crippen LogP contribution in [-0.4, -0.2) is 33.0 Å². The highest BCUT2D eigenvalue weighted by molar-refractivity contribution is 7.17. The number of nitrogens with zero attached hydrogens (tertiary/aromatic N) is 4. The third kappa shape index (κ3) is 3.88. The maximum Gasteiger partial charge on any atom is 0.336 e. The molecular formula is C24H20N4O5S. The van der Waals surface area contributed by atoms with Crippen molar-refractivity contribution < 1.29 is 14.0 Å². The SMILES string of the molecule is CCOc1cccc(-c2noc(Cn3c(=O)n(-c4cccc(OC)c4)c(=O)c4sccc43)n2)c1. The number of rotatable bonds is 7. The van der Waals surface area contributed by atoms with Crippen molar-refractivity contribution in [3.05, 3.63) is 86.7 Å². The number of aromatic nitrogens is 4. The van der Waals surface area contributed by atoms with Crippen LogP contribution in [0.3, 0.4) is 0 Å². The van der Waals surface area contributed by atoms with Crippen LogP contribution in [0.4, 0.5) is 0 Å². The molecule has 2 aromatic carbocycles. The van der Waals surface area contributed by atoms with Gasteiger partial charge < -0.3 is 14.0 Å². The van der Waals surface area contributed by atoms with Gasteiger partial charge in [0.1, 0.15) is 22.7 Å². The predicted molar refractivity (Wildman–Crippen MR) is 128 cm³/mol. The van der Waals surface area contributed by atoms with E-state index in [9.17, 15) is 9.59 Å². The molecule has 0 spiro atoms. The van der Waals surface area contributed by atoms with Crippen molar-refractivity contribution in [1.29, 1.82) is 0 Å². The molecule has 0 amide bonds. The minimum Gasteiger partial charge on any atom is -0.497 e. The molecule has 0 aliphatic rings. The lowest BCUT2D eigenvalue weighted by Gasteiger charge is -2.11. The van der Waals surface area contributed by atoms with Crippen LogP contribution in [0.2, 0.25) is 0 Å². The van der Waals surface area contributed by atoms with Gasteiger partial charge in [0.15, 0.2) is 0 Å². The summed E-state index contributed by atoms with van der Waals surface area (Å²) in [5.74, 6) is 1.86. The number of benzene rings is 2. The number of hydrogen-bond donors (Lipinski definition) is 0. The predicted octanol–water partition coefficient (Wildman–Crippen LogP) is 3.72. The van der Waals surface area contributed by atoms with E-state index in [1.54, 1.807) is 35.7 Å². The third-order valence-electron chi connectivity index (χ3n) is 5.23. The lowest BCUT2D eigenvalue weighted by atomic mass is 10.2. The second-order valence-electron chi connectivity index (χ2n) is 7.32. The molecule has 9 nitrogen and oxygen atoms in total. The molecule has 0 atom stereocenters. The summed E-state index contributed by atoms with van der Waals surface area (Å²) in [5, 5.41) is 5.84. The molecule has 0 saturated carbocycles. The van der Waals surface area contributed by atoms with Gasteiger partial charge in [0.2, 0.25) is 11.7 Å². The van der Waals surface area contributed by atoms with Crippen LogP contribution >= 0.6 is 11.3 Å². The van der Waals surface area contributed by atoms with Crippen molar-refractivity contribution in [2.45, 2.75) is 13.5 Å². The minimum atomic E-state index is -0.512. The van der Waals surface area contributed by atoms with Crippen molar-refractivity contribution in [2.75, 3.05) is 13.7 Å². The average molecular weight is 477 g/mol. The molecule has 3 aromatic heterocycles. The van der Waals surface area contributed by atoms with E-state index in [4.69, 9.17) is 14.0 Å². The molecule has 5 rings (SSSR count). The quantitative estimate of drug-likeness (QED) is 0.353. The van der Waals surface area contributed by atoms with E-state index in [-0.39, 0.29) is 12.4 Å². The van der Waals surface area contributed by atoms with Crippen LogP contribution in [0.1, 0.15) is 12.8 Å². The summed E-state index contributed by atoms with van der Waals surface area (Å²) in [6.45, 7) is 2.46. The number of hydrogen-bond acceptors (Lipinski definition) is 8. The van der Waals surface area contributed by atoms with E-state index in [0.29, 0.717) is 39.8 Å². The summed E-state index contributed by atoms with van der Waals surface area (Å²) in [6.07, 6.45) is 0. The highest BCUT2D eigenvalue weighted by Crippen LogP contribution is 2.23. The molecule has 0 saturated heterocycles. The van der Waals surface area contributed by atoms with E-state index < -0.39 is 11.2 Å². The second-order valence-corrected chi connectivity index (χ2v) is 8.23. The van der Waals surface area contributed by atoms with Crippen molar-refractivity contribution in [3.8, 4) is 28.6 Å². The van der Waals surface area contributed by atoms with Gasteiger partial charge in [0.05, 0.1) is 24.9 Å². The number of ether oxygens (including phenoxy) is 2. The van der Waals surface area contributed by atoms with Crippen LogP contribution in [0.5, 0.6) is 11.5 Å². The van der Waals surface area contributed by atoms with E-state index in [1.165, 1.54) is 23.0 Å². The van der Waals surface area contributed by atoms with Gasteiger partial charge in [-0.15, -0.1) is 11.3 Å². The average Bonchev–Trinajstić information content (AvgIpc) is 3.53. The number of thiophene rings is 1. The number of fused-ring (bicyclic) bond motifs is 1. The molecule has 0 fully saturated rings. The smallest absolute Gasteiger partial charge is 0.336 e. The van der Waals surface area contributed by atoms with Crippen molar-refractivity contribution in [2.24, 2.45) is 0 Å². The largest absolute Gasteiger partial charge is 0.497 e. The fourth-order valence-electron chi connectivity index (χ4n) is 3.68. The molecule has 0 aliphatic carbocycles. The minimum absolute atomic E-state index is 0.00840. The van der Waals surface area contributed by atoms with Crippen molar-refractivity contribution in [1.82, 2.24) is 19.3 Å². The molecule has 34 heavy (non-hydrogen) atoms. The van der Waals surface area contributed by atoms with Gasteiger partial charge in [-0.05, 0) is 42.6 Å². The Morgan fingerprint density at radius 1 is 1.06 bits per heavy atom. The Kier molecular flexibility index (Phi) is 5.72. The van der Waals surface area contributed by atoms with Gasteiger partial charge in [-0.25, -0.2) is 9.36 Å². The Labute approximate surface area is 197 Å². The third-order valence-corrected chi connectivity index (χ3v) is 6.12. The van der Waals surface area contributed by atoms with E-state index in [0.717, 1.165) is 10.1 Å². The maximum atomic E-state index is 13.5. The van der Waals surface area contributed by atoms with Crippen LogP contribution < -0.4 is 20.7 Å². The molecule has 3 heterocycles. The van der Waals surface area contributed by atoms with Gasteiger partial charge in [0.25, 0.3) is 5.56 Å². The Morgan fingerprint density at radius 2 is 1.88 bits per heavy atom. The molecule has 0 unspecified atom stereocenters. The summed E-state index contributed by atoms with van der Waals surface area (Å²) in [6, 6.07) is 15.9. The Hall–Kier alpha value is -4.18. The Bertz CT molecular complexity index is 1600. The fraction of sp³-hybridized carbons (Fsp3) is 0.167. The first-order valence-electron chi connectivity index (χ1n) is 10.5.